The van der Waals surface area contributed by atoms with Crippen LogP contribution in [0.4, 0.5) is 0 Å². The number of carbonyl (C=O) groups excluding carboxylic acids is 1. The molecule has 1 amide bonds. The number of amides is 1. The summed E-state index contributed by atoms with van der Waals surface area (Å²) >= 11 is 1.39. The average Bonchev–Trinajstić information content (AvgIpc) is 3.17. The molecule has 0 fully saturated rings. The van der Waals surface area contributed by atoms with E-state index in [9.17, 15) is 4.79 Å². The Balaban J connectivity index is 2.24. The molecule has 0 spiro atoms. The SMILES string of the molecule is CCn1c(=NC(=O)c2ccn(C)n2)sc2c(OC)ccc(OC)c21. The summed E-state index contributed by atoms with van der Waals surface area (Å²) < 4.78 is 15.3. The number of fused-ring (bicyclic) bond motifs is 1. The highest BCUT2D eigenvalue weighted by Crippen LogP contribution is 2.35. The topological polar surface area (TPSA) is 70.6 Å². The van der Waals surface area contributed by atoms with Crippen LogP contribution in [0.15, 0.2) is 29.4 Å². The van der Waals surface area contributed by atoms with Crippen molar-refractivity contribution in [3.63, 3.8) is 0 Å². The minimum Gasteiger partial charge on any atom is -0.495 e. The number of hydrogen-bond acceptors (Lipinski definition) is 5. The molecule has 0 unspecified atom stereocenters. The van der Waals surface area contributed by atoms with Gasteiger partial charge in [0.05, 0.1) is 14.2 Å². The van der Waals surface area contributed by atoms with Crippen LogP contribution in [0.3, 0.4) is 0 Å². The molecule has 0 aliphatic rings. The molecule has 0 saturated carbocycles. The van der Waals surface area contributed by atoms with Crippen LogP contribution >= 0.6 is 11.3 Å². The third-order valence-corrected chi connectivity index (χ3v) is 4.73. The van der Waals surface area contributed by atoms with Crippen LogP contribution in [-0.4, -0.2) is 34.5 Å². The van der Waals surface area contributed by atoms with Gasteiger partial charge in [0.15, 0.2) is 10.5 Å². The van der Waals surface area contributed by atoms with Gasteiger partial charge in [-0.3, -0.25) is 9.48 Å². The van der Waals surface area contributed by atoms with Crippen molar-refractivity contribution < 1.29 is 14.3 Å². The molecular weight excluding hydrogens is 328 g/mol. The molecule has 2 heterocycles. The highest BCUT2D eigenvalue weighted by molar-refractivity contribution is 7.16. The maximum Gasteiger partial charge on any atom is 0.300 e. The zero-order valence-corrected chi connectivity index (χ0v) is 14.8. The Labute approximate surface area is 142 Å². The van der Waals surface area contributed by atoms with Gasteiger partial charge in [-0.15, -0.1) is 0 Å². The van der Waals surface area contributed by atoms with Crippen LogP contribution in [0.25, 0.3) is 10.2 Å². The highest BCUT2D eigenvalue weighted by atomic mass is 32.1. The van der Waals surface area contributed by atoms with E-state index in [1.807, 2.05) is 23.6 Å². The summed E-state index contributed by atoms with van der Waals surface area (Å²) in [6, 6.07) is 5.35. The number of carbonyl (C=O) groups is 1. The van der Waals surface area contributed by atoms with Gasteiger partial charge < -0.3 is 14.0 Å². The number of benzene rings is 1. The van der Waals surface area contributed by atoms with Crippen molar-refractivity contribution in [3.05, 3.63) is 34.9 Å². The molecule has 7 nitrogen and oxygen atoms in total. The summed E-state index contributed by atoms with van der Waals surface area (Å²) in [5, 5.41) is 4.10. The Bertz CT molecular complexity index is 968. The maximum absolute atomic E-state index is 12.4. The first-order valence-corrected chi connectivity index (χ1v) is 8.23. The number of nitrogens with zero attached hydrogens (tertiary/aromatic N) is 4. The normalized spacial score (nSPS) is 11.9. The van der Waals surface area contributed by atoms with E-state index >= 15 is 0 Å². The zero-order chi connectivity index (χ0) is 17.3. The third kappa shape index (κ3) is 2.69. The number of aromatic nitrogens is 3. The Morgan fingerprint density at radius 2 is 1.96 bits per heavy atom. The predicted octanol–water partition coefficient (Wildman–Crippen LogP) is 2.21. The Hall–Kier alpha value is -2.61. The zero-order valence-electron chi connectivity index (χ0n) is 13.9. The monoisotopic (exact) mass is 346 g/mol. The minimum absolute atomic E-state index is 0.316. The van der Waals surface area contributed by atoms with Gasteiger partial charge in [-0.2, -0.15) is 10.1 Å². The fourth-order valence-electron chi connectivity index (χ4n) is 2.51. The average molecular weight is 346 g/mol. The fourth-order valence-corrected chi connectivity index (χ4v) is 3.71. The number of thiazole rings is 1. The van der Waals surface area contributed by atoms with Crippen LogP contribution in [-0.2, 0) is 13.6 Å². The number of methoxy groups -OCH3 is 2. The second kappa shape index (κ2) is 6.48. The van der Waals surface area contributed by atoms with Crippen molar-refractivity contribution >= 4 is 27.5 Å². The molecule has 0 saturated heterocycles. The molecule has 0 aliphatic carbocycles. The van der Waals surface area contributed by atoms with E-state index in [2.05, 4.69) is 10.1 Å². The molecule has 2 aromatic heterocycles. The van der Waals surface area contributed by atoms with Gasteiger partial charge in [0.25, 0.3) is 5.91 Å². The van der Waals surface area contributed by atoms with E-state index < -0.39 is 0 Å². The lowest BCUT2D eigenvalue weighted by Crippen LogP contribution is -2.16. The quantitative estimate of drug-likeness (QED) is 0.726. The van der Waals surface area contributed by atoms with E-state index in [-0.39, 0.29) is 5.91 Å². The minimum atomic E-state index is -0.373. The summed E-state index contributed by atoms with van der Waals surface area (Å²) in [4.78, 5) is 17.2. The molecule has 3 rings (SSSR count). The van der Waals surface area contributed by atoms with Crippen molar-refractivity contribution in [2.45, 2.75) is 13.5 Å². The van der Waals surface area contributed by atoms with Crippen molar-refractivity contribution in [1.29, 1.82) is 0 Å². The summed E-state index contributed by atoms with van der Waals surface area (Å²) in [7, 11) is 5.00. The van der Waals surface area contributed by atoms with E-state index in [1.54, 1.807) is 38.2 Å². The van der Waals surface area contributed by atoms with E-state index in [0.717, 1.165) is 21.7 Å². The lowest BCUT2D eigenvalue weighted by Gasteiger charge is -2.08. The smallest absolute Gasteiger partial charge is 0.300 e. The van der Waals surface area contributed by atoms with E-state index in [4.69, 9.17) is 9.47 Å². The van der Waals surface area contributed by atoms with Crippen molar-refractivity contribution in [3.8, 4) is 11.5 Å². The number of ether oxygens (including phenoxy) is 2. The molecule has 126 valence electrons. The van der Waals surface area contributed by atoms with Crippen LogP contribution in [0, 0.1) is 0 Å². The number of rotatable bonds is 4. The van der Waals surface area contributed by atoms with Crippen LogP contribution in [0.1, 0.15) is 17.4 Å². The van der Waals surface area contributed by atoms with Crippen molar-refractivity contribution in [2.24, 2.45) is 12.0 Å². The molecule has 1 aromatic carbocycles. The summed E-state index contributed by atoms with van der Waals surface area (Å²) in [6.45, 7) is 2.65. The molecule has 0 aliphatic heterocycles. The molecule has 0 bridgehead atoms. The lowest BCUT2D eigenvalue weighted by atomic mass is 10.3. The third-order valence-electron chi connectivity index (χ3n) is 3.64. The van der Waals surface area contributed by atoms with Crippen molar-refractivity contribution in [1.82, 2.24) is 14.3 Å². The number of hydrogen-bond donors (Lipinski definition) is 0. The van der Waals surface area contributed by atoms with E-state index in [0.29, 0.717) is 17.0 Å². The summed E-state index contributed by atoms with van der Waals surface area (Å²) in [5.41, 5.74) is 1.19. The summed E-state index contributed by atoms with van der Waals surface area (Å²) in [6.07, 6.45) is 1.72. The Morgan fingerprint density at radius 3 is 2.54 bits per heavy atom. The second-order valence-electron chi connectivity index (χ2n) is 5.07. The standard InChI is InChI=1S/C16H18N4O3S/c1-5-20-13-11(22-3)6-7-12(23-4)14(13)24-16(20)17-15(21)10-8-9-19(2)18-10/h6-9H,5H2,1-4H3. The molecular formula is C16H18N4O3S. The van der Waals surface area contributed by atoms with Gasteiger partial charge in [-0.25, -0.2) is 0 Å². The molecule has 0 atom stereocenters. The largest absolute Gasteiger partial charge is 0.495 e. The first-order valence-electron chi connectivity index (χ1n) is 7.42. The molecule has 0 radical (unpaired) electrons. The first kappa shape index (κ1) is 16.3. The van der Waals surface area contributed by atoms with Crippen LogP contribution in [0.2, 0.25) is 0 Å². The van der Waals surface area contributed by atoms with Gasteiger partial charge in [-0.1, -0.05) is 11.3 Å². The van der Waals surface area contributed by atoms with Gasteiger partial charge in [-0.05, 0) is 25.1 Å². The maximum atomic E-state index is 12.4. The van der Waals surface area contributed by atoms with Gasteiger partial charge in [0.2, 0.25) is 0 Å². The van der Waals surface area contributed by atoms with Crippen molar-refractivity contribution in [2.75, 3.05) is 14.2 Å². The second-order valence-corrected chi connectivity index (χ2v) is 6.05. The molecule has 24 heavy (non-hydrogen) atoms. The summed E-state index contributed by atoms with van der Waals surface area (Å²) in [5.74, 6) is 1.07. The molecule has 3 aromatic rings. The van der Waals surface area contributed by atoms with Crippen LogP contribution in [0.5, 0.6) is 11.5 Å². The van der Waals surface area contributed by atoms with E-state index in [1.165, 1.54) is 11.3 Å². The predicted molar refractivity (Wildman–Crippen MR) is 91.7 cm³/mol. The Morgan fingerprint density at radius 1 is 1.25 bits per heavy atom. The fraction of sp³-hybridized carbons (Fsp3) is 0.312. The molecule has 0 N–H and O–H groups in total. The van der Waals surface area contributed by atoms with Gasteiger partial charge >= 0.3 is 0 Å². The number of aryl methyl sites for hydroxylation is 2. The highest BCUT2D eigenvalue weighted by Gasteiger charge is 2.16. The Kier molecular flexibility index (Phi) is 4.39. The van der Waals surface area contributed by atoms with Gasteiger partial charge in [0.1, 0.15) is 21.7 Å². The van der Waals surface area contributed by atoms with Gasteiger partial charge in [0, 0.05) is 19.8 Å². The lowest BCUT2D eigenvalue weighted by molar-refractivity contribution is 0.0992. The first-order chi connectivity index (χ1) is 11.6. The molecule has 8 heteroatoms. The van der Waals surface area contributed by atoms with Crippen LogP contribution < -0.4 is 14.3 Å².